The molecule has 1 N–H and O–H groups in total. The molecule has 1 aromatic rings. The zero-order chi connectivity index (χ0) is 13.1. The molecule has 2 aliphatic heterocycles. The normalized spacial score (nSPS) is 26.7. The lowest BCUT2D eigenvalue weighted by Crippen LogP contribution is -2.41. The maximum absolute atomic E-state index is 12.0. The fraction of sp³-hybridized carbons (Fsp3) is 0.500. The van der Waals surface area contributed by atoms with Crippen molar-refractivity contribution in [3.05, 3.63) is 36.0 Å². The first-order valence-electron chi connectivity index (χ1n) is 6.96. The van der Waals surface area contributed by atoms with Crippen molar-refractivity contribution in [3.8, 4) is 0 Å². The van der Waals surface area contributed by atoms with Crippen molar-refractivity contribution in [1.82, 2.24) is 9.88 Å². The number of hydrogen-bond acceptors (Lipinski definition) is 3. The summed E-state index contributed by atoms with van der Waals surface area (Å²) in [5, 5.41) is 2.82. The van der Waals surface area contributed by atoms with Crippen molar-refractivity contribution < 1.29 is 4.79 Å². The summed E-state index contributed by atoms with van der Waals surface area (Å²) in [6.45, 7) is 3.45. The van der Waals surface area contributed by atoms with E-state index in [1.165, 1.54) is 25.0 Å². The second-order valence-electron chi connectivity index (χ2n) is 5.31. The highest BCUT2D eigenvalue weighted by Crippen LogP contribution is 2.30. The van der Waals surface area contributed by atoms with E-state index in [4.69, 9.17) is 0 Å². The Hall–Kier alpha value is -1.68. The number of aromatic nitrogens is 1. The summed E-state index contributed by atoms with van der Waals surface area (Å²) in [6, 6.07) is 5.51. The van der Waals surface area contributed by atoms with Crippen molar-refractivity contribution in [1.29, 1.82) is 0 Å². The molecule has 0 radical (unpaired) electrons. The third kappa shape index (κ3) is 3.45. The largest absolute Gasteiger partial charge is 0.307 e. The molecule has 2 fully saturated rings. The maximum atomic E-state index is 12.0. The van der Waals surface area contributed by atoms with Gasteiger partial charge in [0.1, 0.15) is 5.82 Å². The van der Waals surface area contributed by atoms with E-state index in [0.29, 0.717) is 11.7 Å². The highest BCUT2D eigenvalue weighted by atomic mass is 16.1. The molecular formula is C16H23N3O. The second kappa shape index (κ2) is 6.66. The number of hydrogen-bond donors (Lipinski definition) is 1. The van der Waals surface area contributed by atoms with E-state index in [9.17, 15) is 4.79 Å². The van der Waals surface area contributed by atoms with Gasteiger partial charge in [0.25, 0.3) is 0 Å². The third-order valence-corrected chi connectivity index (χ3v) is 3.98. The van der Waals surface area contributed by atoms with Crippen LogP contribution in [0.3, 0.4) is 0 Å². The smallest absolute Gasteiger partial charge is 0.249 e. The van der Waals surface area contributed by atoms with Gasteiger partial charge in [-0.25, -0.2) is 4.98 Å². The first-order chi connectivity index (χ1) is 9.31. The van der Waals surface area contributed by atoms with Gasteiger partial charge in [0.15, 0.2) is 0 Å². The number of nitrogens with one attached hydrogen (secondary N) is 1. The maximum Gasteiger partial charge on any atom is 0.249 e. The minimum absolute atomic E-state index is 0. The molecule has 3 heterocycles. The average molecular weight is 273 g/mol. The predicted molar refractivity (Wildman–Crippen MR) is 81.5 cm³/mol. The summed E-state index contributed by atoms with van der Waals surface area (Å²) in [7, 11) is 0. The van der Waals surface area contributed by atoms with Crippen LogP contribution in [0.4, 0.5) is 5.82 Å². The lowest BCUT2D eigenvalue weighted by atomic mass is 9.84. The van der Waals surface area contributed by atoms with Crippen molar-refractivity contribution in [3.63, 3.8) is 0 Å². The molecule has 20 heavy (non-hydrogen) atoms. The van der Waals surface area contributed by atoms with Crippen LogP contribution in [-0.4, -0.2) is 35.4 Å². The van der Waals surface area contributed by atoms with Gasteiger partial charge in [0, 0.05) is 25.4 Å². The Morgan fingerprint density at radius 3 is 3.10 bits per heavy atom. The Morgan fingerprint density at radius 2 is 2.30 bits per heavy atom. The lowest BCUT2D eigenvalue weighted by Gasteiger charge is -2.39. The zero-order valence-corrected chi connectivity index (χ0v) is 11.0. The minimum Gasteiger partial charge on any atom is -0.307 e. The van der Waals surface area contributed by atoms with Gasteiger partial charge in [0.05, 0.1) is 0 Å². The first kappa shape index (κ1) is 14.7. The number of pyridine rings is 1. The number of piperidine rings is 2. The van der Waals surface area contributed by atoms with Crippen LogP contribution in [0.15, 0.2) is 36.0 Å². The number of fused-ring (bicyclic) bond motifs is 2. The summed E-state index contributed by atoms with van der Waals surface area (Å²) in [5.41, 5.74) is 1.31. The Labute approximate surface area is 120 Å². The molecule has 2 aliphatic rings. The van der Waals surface area contributed by atoms with Gasteiger partial charge in [-0.15, -0.1) is 0 Å². The number of carbonyl (C=O) groups is 1. The monoisotopic (exact) mass is 273 g/mol. The predicted octanol–water partition coefficient (Wildman–Crippen LogP) is 2.70. The van der Waals surface area contributed by atoms with Gasteiger partial charge in [-0.1, -0.05) is 19.1 Å². The third-order valence-electron chi connectivity index (χ3n) is 3.98. The van der Waals surface area contributed by atoms with Crippen LogP contribution in [0, 0.1) is 5.92 Å². The molecule has 0 aliphatic carbocycles. The topological polar surface area (TPSA) is 45.2 Å². The molecule has 1 aromatic heterocycles. The molecule has 2 unspecified atom stereocenters. The molecule has 2 bridgehead atoms. The minimum atomic E-state index is -0.0484. The molecule has 0 spiro atoms. The van der Waals surface area contributed by atoms with E-state index >= 15 is 0 Å². The summed E-state index contributed by atoms with van der Waals surface area (Å²) in [4.78, 5) is 18.6. The van der Waals surface area contributed by atoms with Crippen LogP contribution in [0.2, 0.25) is 0 Å². The van der Waals surface area contributed by atoms with Crippen molar-refractivity contribution in [2.45, 2.75) is 26.7 Å². The standard InChI is InChI=1S/C15H19N3O.CH4/c19-15(17-14-5-1-2-7-16-14)10-12-6-9-18-8-3-4-13(12)11-18;/h1-2,5,7,10,13H,3-4,6,8-9,11H2,(H,16,17,19);1H4. The molecule has 0 aromatic carbocycles. The number of rotatable bonds is 2. The summed E-state index contributed by atoms with van der Waals surface area (Å²) in [5.74, 6) is 1.15. The molecular weight excluding hydrogens is 250 g/mol. The van der Waals surface area contributed by atoms with Crippen molar-refractivity contribution in [2.24, 2.45) is 5.92 Å². The van der Waals surface area contributed by atoms with Gasteiger partial charge in [-0.2, -0.15) is 0 Å². The fourth-order valence-electron chi connectivity index (χ4n) is 3.01. The zero-order valence-electron chi connectivity index (χ0n) is 11.0. The van der Waals surface area contributed by atoms with Gasteiger partial charge in [-0.05, 0) is 43.9 Å². The molecule has 0 saturated carbocycles. The second-order valence-corrected chi connectivity index (χ2v) is 5.31. The number of nitrogens with zero attached hydrogens (tertiary/aromatic N) is 2. The quantitative estimate of drug-likeness (QED) is 0.843. The van der Waals surface area contributed by atoms with Crippen molar-refractivity contribution >= 4 is 11.7 Å². The average Bonchev–Trinajstić information content (AvgIpc) is 2.44. The number of amides is 1. The first-order valence-corrected chi connectivity index (χ1v) is 6.96. The highest BCUT2D eigenvalue weighted by molar-refractivity contribution is 5.99. The van der Waals surface area contributed by atoms with Gasteiger partial charge in [0.2, 0.25) is 5.91 Å². The molecule has 2 atom stereocenters. The molecule has 4 nitrogen and oxygen atoms in total. The van der Waals surface area contributed by atoms with Gasteiger partial charge in [-0.3, -0.25) is 4.79 Å². The van der Waals surface area contributed by atoms with E-state index in [1.807, 2.05) is 12.1 Å². The van der Waals surface area contributed by atoms with Crippen LogP contribution in [0.1, 0.15) is 26.7 Å². The fourth-order valence-corrected chi connectivity index (χ4v) is 3.01. The van der Waals surface area contributed by atoms with Crippen LogP contribution in [0.5, 0.6) is 0 Å². The Morgan fingerprint density at radius 1 is 1.40 bits per heavy atom. The van der Waals surface area contributed by atoms with Gasteiger partial charge < -0.3 is 10.2 Å². The van der Waals surface area contributed by atoms with Crippen LogP contribution in [0.25, 0.3) is 0 Å². The van der Waals surface area contributed by atoms with E-state index in [0.717, 1.165) is 19.5 Å². The molecule has 2 saturated heterocycles. The van der Waals surface area contributed by atoms with Crippen molar-refractivity contribution in [2.75, 3.05) is 25.0 Å². The molecule has 108 valence electrons. The van der Waals surface area contributed by atoms with Crippen LogP contribution >= 0.6 is 0 Å². The molecule has 1 amide bonds. The highest BCUT2D eigenvalue weighted by Gasteiger charge is 2.27. The van der Waals surface area contributed by atoms with Crippen LogP contribution < -0.4 is 5.32 Å². The summed E-state index contributed by atoms with van der Waals surface area (Å²) >= 11 is 0. The van der Waals surface area contributed by atoms with E-state index < -0.39 is 0 Å². The van der Waals surface area contributed by atoms with E-state index in [-0.39, 0.29) is 13.3 Å². The molecule has 4 heteroatoms. The number of carbonyl (C=O) groups excluding carboxylic acids is 1. The van der Waals surface area contributed by atoms with E-state index in [2.05, 4.69) is 15.2 Å². The van der Waals surface area contributed by atoms with E-state index in [1.54, 1.807) is 18.3 Å². The molecule has 3 rings (SSSR count). The van der Waals surface area contributed by atoms with Gasteiger partial charge >= 0.3 is 0 Å². The summed E-state index contributed by atoms with van der Waals surface area (Å²) in [6.07, 6.45) is 6.98. The Balaban J connectivity index is 0.00000147. The SMILES string of the molecule is C.O=C(C=C1CCN2CCCC1C2)Nc1ccccn1. The summed E-state index contributed by atoms with van der Waals surface area (Å²) < 4.78 is 0. The number of anilines is 1. The Bertz CT molecular complexity index is 484. The van der Waals surface area contributed by atoms with Crippen LogP contribution in [-0.2, 0) is 4.79 Å². The Kier molecular flexibility index (Phi) is 4.90. The lowest BCUT2D eigenvalue weighted by molar-refractivity contribution is -0.112.